The molecule has 132 valence electrons. The van der Waals surface area contributed by atoms with Gasteiger partial charge in [0.2, 0.25) is 11.8 Å². The Balaban J connectivity index is 1.72. The summed E-state index contributed by atoms with van der Waals surface area (Å²) in [7, 11) is 1.74. The maximum Gasteiger partial charge on any atom is 0.288 e. The summed E-state index contributed by atoms with van der Waals surface area (Å²) in [4.78, 5) is 27.5. The van der Waals surface area contributed by atoms with Gasteiger partial charge in [0.15, 0.2) is 0 Å². The second-order valence-corrected chi connectivity index (χ2v) is 6.28. The minimum absolute atomic E-state index is 0.0865. The molecule has 24 heavy (non-hydrogen) atoms. The molecule has 3 rings (SSSR count). The number of hydrogen-bond donors (Lipinski definition) is 0. The molecule has 2 fully saturated rings. The van der Waals surface area contributed by atoms with Crippen LogP contribution in [0.15, 0.2) is 12.4 Å². The highest BCUT2D eigenvalue weighted by Crippen LogP contribution is 2.27. The van der Waals surface area contributed by atoms with Crippen molar-refractivity contribution in [1.82, 2.24) is 14.7 Å². The van der Waals surface area contributed by atoms with Gasteiger partial charge in [-0.2, -0.15) is 5.10 Å². The van der Waals surface area contributed by atoms with E-state index >= 15 is 0 Å². The molecule has 2 saturated heterocycles. The number of anilines is 1. The number of piperidine rings is 1. The summed E-state index contributed by atoms with van der Waals surface area (Å²) in [5, 5.41) is 4.03. The van der Waals surface area contributed by atoms with Crippen molar-refractivity contribution in [3.63, 3.8) is 0 Å². The first-order valence-electron chi connectivity index (χ1n) is 7.89. The van der Waals surface area contributed by atoms with Crippen LogP contribution in [0.3, 0.4) is 0 Å². The number of carbonyl (C=O) groups is 2. The van der Waals surface area contributed by atoms with Gasteiger partial charge in [-0.15, -0.1) is 0 Å². The number of ether oxygens (including phenoxy) is 1. The molecular weight excluding hydrogens is 322 g/mol. The van der Waals surface area contributed by atoms with Crippen molar-refractivity contribution < 1.29 is 23.1 Å². The lowest BCUT2D eigenvalue weighted by molar-refractivity contribution is -0.141. The standard InChI is InChI=1S/C15H20F2N4O3/c1-19-8-12(6-18-19)21-7-11(2-3-13(21)22)14(23)20-4-5-24-10-15(16,17)9-20/h6,8,11H,2-5,7,9-10H2,1H3. The third kappa shape index (κ3) is 3.55. The van der Waals surface area contributed by atoms with E-state index in [-0.39, 0.29) is 37.9 Å². The van der Waals surface area contributed by atoms with Gasteiger partial charge in [0.25, 0.3) is 5.92 Å². The molecule has 0 saturated carbocycles. The van der Waals surface area contributed by atoms with Crippen LogP contribution in [-0.2, 0) is 21.4 Å². The molecule has 0 aromatic carbocycles. The first kappa shape index (κ1) is 16.8. The quantitative estimate of drug-likeness (QED) is 0.792. The average molecular weight is 342 g/mol. The molecule has 2 aliphatic heterocycles. The van der Waals surface area contributed by atoms with Crippen LogP contribution in [0.1, 0.15) is 12.8 Å². The Kier molecular flexibility index (Phi) is 4.53. The number of aryl methyl sites for hydroxylation is 1. The number of rotatable bonds is 2. The molecule has 0 spiro atoms. The first-order valence-corrected chi connectivity index (χ1v) is 7.89. The van der Waals surface area contributed by atoms with E-state index in [0.29, 0.717) is 12.1 Å². The fourth-order valence-corrected chi connectivity index (χ4v) is 3.09. The van der Waals surface area contributed by atoms with E-state index in [0.717, 1.165) is 4.90 Å². The van der Waals surface area contributed by atoms with E-state index in [2.05, 4.69) is 5.10 Å². The Hall–Kier alpha value is -2.03. The molecule has 1 unspecified atom stereocenters. The largest absolute Gasteiger partial charge is 0.373 e. The Labute approximate surface area is 138 Å². The number of aromatic nitrogens is 2. The summed E-state index contributed by atoms with van der Waals surface area (Å²) in [6.45, 7) is -0.873. The Morgan fingerprint density at radius 3 is 2.96 bits per heavy atom. The molecule has 2 amide bonds. The molecule has 9 heteroatoms. The Bertz CT molecular complexity index is 634. The SMILES string of the molecule is Cn1cc(N2CC(C(=O)N3CCOCC(F)(F)C3)CCC2=O)cn1. The van der Waals surface area contributed by atoms with Crippen molar-refractivity contribution in [3.05, 3.63) is 12.4 Å². The fraction of sp³-hybridized carbons (Fsp3) is 0.667. The Morgan fingerprint density at radius 1 is 1.46 bits per heavy atom. The summed E-state index contributed by atoms with van der Waals surface area (Å²) < 4.78 is 33.7. The molecule has 1 aromatic rings. The zero-order valence-corrected chi connectivity index (χ0v) is 13.5. The van der Waals surface area contributed by atoms with E-state index in [4.69, 9.17) is 4.74 Å². The first-order chi connectivity index (χ1) is 11.4. The van der Waals surface area contributed by atoms with Crippen molar-refractivity contribution in [1.29, 1.82) is 0 Å². The molecule has 7 nitrogen and oxygen atoms in total. The highest BCUT2D eigenvalue weighted by molar-refractivity contribution is 5.96. The van der Waals surface area contributed by atoms with Crippen molar-refractivity contribution in [2.24, 2.45) is 13.0 Å². The summed E-state index contributed by atoms with van der Waals surface area (Å²) in [5.41, 5.74) is 0.615. The molecule has 0 radical (unpaired) electrons. The van der Waals surface area contributed by atoms with Crippen LogP contribution in [0.25, 0.3) is 0 Å². The van der Waals surface area contributed by atoms with Crippen LogP contribution in [0.4, 0.5) is 14.5 Å². The third-order valence-corrected chi connectivity index (χ3v) is 4.32. The zero-order chi connectivity index (χ0) is 17.3. The molecule has 0 N–H and O–H groups in total. The van der Waals surface area contributed by atoms with Gasteiger partial charge in [-0.1, -0.05) is 0 Å². The van der Waals surface area contributed by atoms with Gasteiger partial charge in [0.05, 0.1) is 31.0 Å². The summed E-state index contributed by atoms with van der Waals surface area (Å²) in [5.74, 6) is -3.96. The highest BCUT2D eigenvalue weighted by Gasteiger charge is 2.40. The number of nitrogens with zero attached hydrogens (tertiary/aromatic N) is 4. The van der Waals surface area contributed by atoms with Gasteiger partial charge >= 0.3 is 0 Å². The average Bonchev–Trinajstić information content (AvgIpc) is 2.87. The van der Waals surface area contributed by atoms with E-state index in [1.807, 2.05) is 0 Å². The summed E-state index contributed by atoms with van der Waals surface area (Å²) >= 11 is 0. The molecule has 1 atom stereocenters. The number of alkyl halides is 2. The van der Waals surface area contributed by atoms with Gasteiger partial charge in [-0.05, 0) is 6.42 Å². The normalized spacial score (nSPS) is 24.8. The molecule has 1 aromatic heterocycles. The monoisotopic (exact) mass is 342 g/mol. The Morgan fingerprint density at radius 2 is 2.25 bits per heavy atom. The van der Waals surface area contributed by atoms with Crippen LogP contribution in [-0.4, -0.2) is 65.3 Å². The van der Waals surface area contributed by atoms with Gasteiger partial charge in [0.1, 0.15) is 6.61 Å². The van der Waals surface area contributed by atoms with E-state index in [1.54, 1.807) is 24.1 Å². The second kappa shape index (κ2) is 6.46. The number of amides is 2. The third-order valence-electron chi connectivity index (χ3n) is 4.32. The predicted molar refractivity (Wildman–Crippen MR) is 80.6 cm³/mol. The minimum atomic E-state index is -3.04. The van der Waals surface area contributed by atoms with Crippen LogP contribution < -0.4 is 4.90 Å². The van der Waals surface area contributed by atoms with Gasteiger partial charge in [-0.25, -0.2) is 8.78 Å². The lowest BCUT2D eigenvalue weighted by atomic mass is 9.95. The highest BCUT2D eigenvalue weighted by atomic mass is 19.3. The summed E-state index contributed by atoms with van der Waals surface area (Å²) in [6, 6.07) is 0. The van der Waals surface area contributed by atoms with Gasteiger partial charge in [0, 0.05) is 32.8 Å². The summed E-state index contributed by atoms with van der Waals surface area (Å²) in [6.07, 6.45) is 3.83. The molecule has 0 aliphatic carbocycles. The van der Waals surface area contributed by atoms with Crippen molar-refractivity contribution in [3.8, 4) is 0 Å². The molecular formula is C15H20F2N4O3. The number of carbonyl (C=O) groups excluding carboxylic acids is 2. The lowest BCUT2D eigenvalue weighted by Gasteiger charge is -2.34. The molecule has 2 aliphatic rings. The van der Waals surface area contributed by atoms with E-state index in [9.17, 15) is 18.4 Å². The minimum Gasteiger partial charge on any atom is -0.373 e. The van der Waals surface area contributed by atoms with E-state index in [1.165, 1.54) is 4.90 Å². The van der Waals surface area contributed by atoms with Crippen LogP contribution in [0.2, 0.25) is 0 Å². The van der Waals surface area contributed by atoms with Crippen molar-refractivity contribution in [2.75, 3.05) is 37.7 Å². The maximum atomic E-state index is 13.7. The molecule has 3 heterocycles. The van der Waals surface area contributed by atoms with E-state index < -0.39 is 25.0 Å². The van der Waals surface area contributed by atoms with Gasteiger partial charge < -0.3 is 14.5 Å². The number of halogens is 2. The maximum absolute atomic E-state index is 13.7. The van der Waals surface area contributed by atoms with Crippen molar-refractivity contribution in [2.45, 2.75) is 18.8 Å². The van der Waals surface area contributed by atoms with Crippen LogP contribution in [0, 0.1) is 5.92 Å². The van der Waals surface area contributed by atoms with Crippen LogP contribution >= 0.6 is 0 Å². The smallest absolute Gasteiger partial charge is 0.288 e. The van der Waals surface area contributed by atoms with Crippen LogP contribution in [0.5, 0.6) is 0 Å². The second-order valence-electron chi connectivity index (χ2n) is 6.28. The zero-order valence-electron chi connectivity index (χ0n) is 13.5. The topological polar surface area (TPSA) is 67.7 Å². The lowest BCUT2D eigenvalue weighted by Crippen LogP contribution is -2.49. The number of hydrogen-bond acceptors (Lipinski definition) is 4. The fourth-order valence-electron chi connectivity index (χ4n) is 3.09. The molecule has 0 bridgehead atoms. The van der Waals surface area contributed by atoms with Gasteiger partial charge in [-0.3, -0.25) is 14.3 Å². The predicted octanol–water partition coefficient (Wildman–Crippen LogP) is 0.657. The van der Waals surface area contributed by atoms with Crippen molar-refractivity contribution >= 4 is 17.5 Å².